The third kappa shape index (κ3) is 3.29. The van der Waals surface area contributed by atoms with Crippen LogP contribution in [0.1, 0.15) is 30.1 Å². The van der Waals surface area contributed by atoms with Crippen LogP contribution >= 0.6 is 0 Å². The fourth-order valence-electron chi connectivity index (χ4n) is 3.09. The van der Waals surface area contributed by atoms with Gasteiger partial charge in [0.05, 0.1) is 11.7 Å². The molecule has 0 aromatic carbocycles. The number of anilines is 1. The molecule has 0 saturated carbocycles. The van der Waals surface area contributed by atoms with Crippen molar-refractivity contribution in [2.45, 2.75) is 32.4 Å². The van der Waals surface area contributed by atoms with Gasteiger partial charge in [0, 0.05) is 25.9 Å². The summed E-state index contributed by atoms with van der Waals surface area (Å²) in [5.74, 6) is 0.698. The minimum absolute atomic E-state index is 0.0214. The Balaban J connectivity index is 1.80. The number of pyridine rings is 1. The van der Waals surface area contributed by atoms with Gasteiger partial charge in [0.15, 0.2) is 0 Å². The summed E-state index contributed by atoms with van der Waals surface area (Å²) in [4.78, 5) is 30.6. The maximum absolute atomic E-state index is 12.7. The van der Waals surface area contributed by atoms with Crippen LogP contribution in [0.3, 0.4) is 0 Å². The van der Waals surface area contributed by atoms with Crippen molar-refractivity contribution in [3.63, 3.8) is 0 Å². The fourth-order valence-corrected chi connectivity index (χ4v) is 3.09. The highest BCUT2D eigenvalue weighted by molar-refractivity contribution is 5.76. The average Bonchev–Trinajstić information content (AvgIpc) is 3.08. The summed E-state index contributed by atoms with van der Waals surface area (Å²) in [6.45, 7) is 2.47. The van der Waals surface area contributed by atoms with E-state index in [0.29, 0.717) is 12.2 Å². The van der Waals surface area contributed by atoms with Gasteiger partial charge in [-0.2, -0.15) is 5.10 Å². The second-order valence-electron chi connectivity index (χ2n) is 5.94. The summed E-state index contributed by atoms with van der Waals surface area (Å²) < 4.78 is 1.23. The molecule has 1 N–H and O–H groups in total. The Kier molecular flexibility index (Phi) is 4.59. The van der Waals surface area contributed by atoms with E-state index in [1.807, 2.05) is 24.1 Å². The molecule has 7 nitrogen and oxygen atoms in total. The topological polar surface area (TPSA) is 80.1 Å². The third-order valence-electron chi connectivity index (χ3n) is 4.28. The maximum atomic E-state index is 12.7. The van der Waals surface area contributed by atoms with Crippen LogP contribution in [-0.2, 0) is 11.3 Å². The Labute approximate surface area is 140 Å². The number of hydrogen-bond acceptors (Lipinski definition) is 5. The second-order valence-corrected chi connectivity index (χ2v) is 5.94. The predicted octanol–water partition coefficient (Wildman–Crippen LogP) is 1.35. The van der Waals surface area contributed by atoms with Gasteiger partial charge in [0.2, 0.25) is 5.91 Å². The van der Waals surface area contributed by atoms with E-state index < -0.39 is 0 Å². The monoisotopic (exact) mass is 327 g/mol. The molecule has 0 bridgehead atoms. The summed E-state index contributed by atoms with van der Waals surface area (Å²) in [5.41, 5.74) is 1.52. The lowest BCUT2D eigenvalue weighted by Crippen LogP contribution is -2.37. The molecule has 1 saturated heterocycles. The molecule has 1 aliphatic heterocycles. The van der Waals surface area contributed by atoms with Crippen LogP contribution in [0.4, 0.5) is 5.82 Å². The van der Waals surface area contributed by atoms with E-state index in [0.717, 1.165) is 24.2 Å². The first kappa shape index (κ1) is 16.2. The van der Waals surface area contributed by atoms with Crippen LogP contribution in [0.2, 0.25) is 0 Å². The van der Waals surface area contributed by atoms with Gasteiger partial charge in [-0.25, -0.2) is 9.67 Å². The Morgan fingerprint density at radius 2 is 2.21 bits per heavy atom. The van der Waals surface area contributed by atoms with Crippen molar-refractivity contribution in [1.82, 2.24) is 19.7 Å². The molecule has 24 heavy (non-hydrogen) atoms. The van der Waals surface area contributed by atoms with Crippen LogP contribution in [0, 0.1) is 6.92 Å². The van der Waals surface area contributed by atoms with Gasteiger partial charge >= 0.3 is 0 Å². The summed E-state index contributed by atoms with van der Waals surface area (Å²) >= 11 is 0. The first-order valence-electron chi connectivity index (χ1n) is 8.06. The van der Waals surface area contributed by atoms with Gasteiger partial charge in [-0.3, -0.25) is 9.59 Å². The lowest BCUT2D eigenvalue weighted by atomic mass is 10.1. The van der Waals surface area contributed by atoms with E-state index in [-0.39, 0.29) is 24.1 Å². The first-order valence-corrected chi connectivity index (χ1v) is 8.06. The van der Waals surface area contributed by atoms with E-state index in [4.69, 9.17) is 0 Å². The van der Waals surface area contributed by atoms with Gasteiger partial charge < -0.3 is 10.2 Å². The highest BCUT2D eigenvalue weighted by atomic mass is 16.2. The van der Waals surface area contributed by atoms with Crippen LogP contribution in [0.5, 0.6) is 0 Å². The molecule has 7 heteroatoms. The Morgan fingerprint density at radius 1 is 1.38 bits per heavy atom. The summed E-state index contributed by atoms with van der Waals surface area (Å²) in [5, 5.41) is 7.16. The quantitative estimate of drug-likeness (QED) is 0.917. The van der Waals surface area contributed by atoms with Gasteiger partial charge in [0.25, 0.3) is 5.56 Å². The van der Waals surface area contributed by atoms with Crippen LogP contribution in [-0.4, -0.2) is 39.2 Å². The molecule has 1 atom stereocenters. The van der Waals surface area contributed by atoms with Crippen molar-refractivity contribution in [3.8, 4) is 0 Å². The number of hydrogen-bond donors (Lipinski definition) is 1. The predicted molar refractivity (Wildman–Crippen MR) is 90.7 cm³/mol. The van der Waals surface area contributed by atoms with Gasteiger partial charge in [-0.1, -0.05) is 0 Å². The van der Waals surface area contributed by atoms with Gasteiger partial charge in [-0.15, -0.1) is 0 Å². The SMILES string of the molecule is CNc1cc([C@H]2CCCN2C(=O)Cn2nc(C)ccc2=O)ccn1. The lowest BCUT2D eigenvalue weighted by Gasteiger charge is -2.25. The van der Waals surface area contributed by atoms with Crippen molar-refractivity contribution in [1.29, 1.82) is 0 Å². The van der Waals surface area contributed by atoms with E-state index in [9.17, 15) is 9.59 Å². The zero-order chi connectivity index (χ0) is 17.1. The number of aromatic nitrogens is 3. The molecule has 0 aliphatic carbocycles. The molecule has 1 aliphatic rings. The van der Waals surface area contributed by atoms with E-state index >= 15 is 0 Å². The van der Waals surface area contributed by atoms with Crippen molar-refractivity contribution in [2.75, 3.05) is 18.9 Å². The zero-order valence-electron chi connectivity index (χ0n) is 13.9. The molecular formula is C17H21N5O2. The molecule has 0 unspecified atom stereocenters. The summed E-state index contributed by atoms with van der Waals surface area (Å²) in [7, 11) is 1.82. The third-order valence-corrected chi connectivity index (χ3v) is 4.28. The normalized spacial score (nSPS) is 17.1. The molecule has 0 radical (unpaired) electrons. The highest BCUT2D eigenvalue weighted by Gasteiger charge is 2.30. The number of nitrogens with one attached hydrogen (secondary N) is 1. The molecule has 1 fully saturated rings. The van der Waals surface area contributed by atoms with Crippen LogP contribution in [0.15, 0.2) is 35.3 Å². The molecule has 1 amide bonds. The number of amides is 1. The van der Waals surface area contributed by atoms with Crippen molar-refractivity contribution < 1.29 is 4.79 Å². The molecule has 2 aromatic heterocycles. The highest BCUT2D eigenvalue weighted by Crippen LogP contribution is 2.32. The molecule has 3 rings (SSSR count). The van der Waals surface area contributed by atoms with E-state index in [1.54, 1.807) is 19.2 Å². The Morgan fingerprint density at radius 3 is 3.00 bits per heavy atom. The number of nitrogens with zero attached hydrogens (tertiary/aromatic N) is 4. The van der Waals surface area contributed by atoms with E-state index in [2.05, 4.69) is 15.4 Å². The Bertz CT molecular complexity index is 802. The number of rotatable bonds is 4. The molecule has 0 spiro atoms. The van der Waals surface area contributed by atoms with Crippen LogP contribution in [0.25, 0.3) is 0 Å². The first-order chi connectivity index (χ1) is 11.6. The summed E-state index contributed by atoms with van der Waals surface area (Å²) in [6, 6.07) is 7.02. The zero-order valence-corrected chi connectivity index (χ0v) is 13.9. The second kappa shape index (κ2) is 6.82. The van der Waals surface area contributed by atoms with E-state index in [1.165, 1.54) is 10.7 Å². The minimum Gasteiger partial charge on any atom is -0.373 e. The number of aryl methyl sites for hydroxylation is 1. The minimum atomic E-state index is -0.258. The number of carbonyl (C=O) groups is 1. The molecule has 2 aromatic rings. The average molecular weight is 327 g/mol. The Hall–Kier alpha value is -2.70. The van der Waals surface area contributed by atoms with Gasteiger partial charge in [-0.05, 0) is 43.5 Å². The molecular weight excluding hydrogens is 306 g/mol. The lowest BCUT2D eigenvalue weighted by molar-refractivity contribution is -0.133. The van der Waals surface area contributed by atoms with Crippen molar-refractivity contribution >= 4 is 11.7 Å². The molecule has 3 heterocycles. The van der Waals surface area contributed by atoms with Crippen molar-refractivity contribution in [2.24, 2.45) is 0 Å². The molecule has 126 valence electrons. The van der Waals surface area contributed by atoms with Crippen LogP contribution < -0.4 is 10.9 Å². The number of likely N-dealkylation sites (tertiary alicyclic amines) is 1. The maximum Gasteiger partial charge on any atom is 0.267 e. The largest absolute Gasteiger partial charge is 0.373 e. The standard InChI is InChI=1S/C17H21N5O2/c1-12-5-6-16(23)22(20-12)11-17(24)21-9-3-4-14(21)13-7-8-19-15(10-13)18-2/h5-8,10,14H,3-4,9,11H2,1-2H3,(H,18,19)/t14-/m1/s1. The van der Waals surface area contributed by atoms with Gasteiger partial charge in [0.1, 0.15) is 12.4 Å². The number of carbonyl (C=O) groups excluding carboxylic acids is 1. The smallest absolute Gasteiger partial charge is 0.267 e. The fraction of sp³-hybridized carbons (Fsp3) is 0.412. The van der Waals surface area contributed by atoms with Crippen molar-refractivity contribution in [3.05, 3.63) is 52.1 Å². The summed E-state index contributed by atoms with van der Waals surface area (Å²) in [6.07, 6.45) is 3.60.